The van der Waals surface area contributed by atoms with Crippen molar-refractivity contribution in [3.63, 3.8) is 0 Å². The smallest absolute Gasteiger partial charge is 0.315 e. The van der Waals surface area contributed by atoms with Crippen molar-refractivity contribution in [2.45, 2.75) is 32.7 Å². The average molecular weight is 333 g/mol. The minimum Gasteiger partial charge on any atom is -0.496 e. The zero-order chi connectivity index (χ0) is 16.7. The molecule has 1 aromatic carbocycles. The van der Waals surface area contributed by atoms with Gasteiger partial charge in [-0.1, -0.05) is 25.1 Å². The Labute approximate surface area is 141 Å². The molecule has 1 heterocycles. The molecule has 1 unspecified atom stereocenters. The summed E-state index contributed by atoms with van der Waals surface area (Å²) in [6.45, 7) is 4.55. The van der Waals surface area contributed by atoms with E-state index in [2.05, 4.69) is 15.6 Å². The van der Waals surface area contributed by atoms with Crippen LogP contribution in [-0.4, -0.2) is 24.7 Å². The van der Waals surface area contributed by atoms with Gasteiger partial charge in [0.2, 0.25) is 0 Å². The van der Waals surface area contributed by atoms with Gasteiger partial charge in [0, 0.05) is 17.6 Å². The highest BCUT2D eigenvalue weighted by Crippen LogP contribution is 2.20. The Bertz CT molecular complexity index is 642. The number of hydrogen-bond acceptors (Lipinski definition) is 4. The van der Waals surface area contributed by atoms with Gasteiger partial charge in [0.25, 0.3) is 0 Å². The first kappa shape index (κ1) is 17.3. The van der Waals surface area contributed by atoms with Gasteiger partial charge < -0.3 is 15.4 Å². The zero-order valence-corrected chi connectivity index (χ0v) is 14.6. The predicted octanol–water partition coefficient (Wildman–Crippen LogP) is 3.45. The minimum absolute atomic E-state index is 0.0417. The number of rotatable bonds is 7. The second kappa shape index (κ2) is 8.53. The van der Waals surface area contributed by atoms with Crippen LogP contribution in [0.25, 0.3) is 0 Å². The van der Waals surface area contributed by atoms with Crippen molar-refractivity contribution in [1.29, 1.82) is 0 Å². The van der Waals surface area contributed by atoms with Crippen LogP contribution in [0.1, 0.15) is 35.7 Å². The molecule has 2 amide bonds. The van der Waals surface area contributed by atoms with Gasteiger partial charge in [-0.25, -0.2) is 9.78 Å². The third-order valence-corrected chi connectivity index (χ3v) is 4.60. The van der Waals surface area contributed by atoms with Crippen LogP contribution in [0.4, 0.5) is 4.79 Å². The molecule has 0 saturated carbocycles. The highest BCUT2D eigenvalue weighted by atomic mass is 32.1. The minimum atomic E-state index is -0.167. The molecule has 6 heteroatoms. The molecule has 2 N–H and O–H groups in total. The van der Waals surface area contributed by atoms with Crippen molar-refractivity contribution in [2.75, 3.05) is 13.7 Å². The maximum Gasteiger partial charge on any atom is 0.315 e. The van der Waals surface area contributed by atoms with Crippen LogP contribution in [0.2, 0.25) is 0 Å². The highest BCUT2D eigenvalue weighted by Gasteiger charge is 2.15. The normalized spacial score (nSPS) is 11.8. The van der Waals surface area contributed by atoms with E-state index < -0.39 is 0 Å². The van der Waals surface area contributed by atoms with Gasteiger partial charge in [0.05, 0.1) is 13.2 Å². The zero-order valence-electron chi connectivity index (χ0n) is 13.8. The molecule has 124 valence electrons. The lowest BCUT2D eigenvalue weighted by Gasteiger charge is -2.15. The van der Waals surface area contributed by atoms with E-state index in [1.165, 1.54) is 0 Å². The summed E-state index contributed by atoms with van der Waals surface area (Å²) < 4.78 is 5.31. The van der Waals surface area contributed by atoms with Gasteiger partial charge in [-0.3, -0.25) is 0 Å². The summed E-state index contributed by atoms with van der Waals surface area (Å²) in [5, 5.41) is 8.82. The van der Waals surface area contributed by atoms with E-state index in [-0.39, 0.29) is 12.1 Å². The molecule has 2 rings (SSSR count). The summed E-state index contributed by atoms with van der Waals surface area (Å²) in [7, 11) is 1.65. The number of aryl methyl sites for hydroxylation is 1. The van der Waals surface area contributed by atoms with E-state index in [1.807, 2.05) is 43.5 Å². The van der Waals surface area contributed by atoms with E-state index in [4.69, 9.17) is 4.74 Å². The molecule has 0 bridgehead atoms. The lowest BCUT2D eigenvalue weighted by atomic mass is 10.1. The molecular formula is C17H23N3O2S. The van der Waals surface area contributed by atoms with Crippen LogP contribution >= 0.6 is 11.3 Å². The maximum absolute atomic E-state index is 12.1. The fourth-order valence-corrected chi connectivity index (χ4v) is 3.23. The molecule has 0 aliphatic heterocycles. The number of thiazole rings is 1. The molecule has 1 atom stereocenters. The first-order chi connectivity index (χ1) is 11.1. The number of methoxy groups -OCH3 is 1. The fraction of sp³-hybridized carbons (Fsp3) is 0.412. The number of nitrogens with one attached hydrogen (secondary N) is 2. The van der Waals surface area contributed by atoms with Crippen molar-refractivity contribution in [2.24, 2.45) is 0 Å². The molecule has 0 radical (unpaired) electrons. The van der Waals surface area contributed by atoms with Crippen molar-refractivity contribution in [3.05, 3.63) is 45.9 Å². The SMILES string of the molecule is CCC(NC(=O)NCCc1ccccc1OC)c1nc(C)cs1. The van der Waals surface area contributed by atoms with E-state index in [1.54, 1.807) is 18.4 Å². The Morgan fingerprint density at radius 3 is 2.83 bits per heavy atom. The monoisotopic (exact) mass is 333 g/mol. The number of benzene rings is 1. The van der Waals surface area contributed by atoms with Crippen molar-refractivity contribution in [3.8, 4) is 5.75 Å². The van der Waals surface area contributed by atoms with E-state index >= 15 is 0 Å². The number of carbonyl (C=O) groups excluding carboxylic acids is 1. The molecule has 0 aliphatic rings. The largest absolute Gasteiger partial charge is 0.496 e. The Morgan fingerprint density at radius 1 is 1.39 bits per heavy atom. The molecule has 23 heavy (non-hydrogen) atoms. The van der Waals surface area contributed by atoms with E-state index in [0.29, 0.717) is 6.54 Å². The number of nitrogens with zero attached hydrogens (tertiary/aromatic N) is 1. The first-order valence-corrected chi connectivity index (χ1v) is 8.60. The summed E-state index contributed by atoms with van der Waals surface area (Å²) in [6.07, 6.45) is 1.54. The predicted molar refractivity (Wildman–Crippen MR) is 93.1 cm³/mol. The number of amides is 2. The highest BCUT2D eigenvalue weighted by molar-refractivity contribution is 7.09. The molecule has 0 spiro atoms. The second-order valence-electron chi connectivity index (χ2n) is 5.25. The van der Waals surface area contributed by atoms with Crippen LogP contribution in [-0.2, 0) is 6.42 Å². The van der Waals surface area contributed by atoms with Gasteiger partial charge in [-0.2, -0.15) is 0 Å². The quantitative estimate of drug-likeness (QED) is 0.816. The Hall–Kier alpha value is -2.08. The number of aromatic nitrogens is 1. The average Bonchev–Trinajstić information content (AvgIpc) is 2.99. The third-order valence-electron chi connectivity index (χ3n) is 3.52. The second-order valence-corrected chi connectivity index (χ2v) is 6.14. The van der Waals surface area contributed by atoms with Gasteiger partial charge in [0.1, 0.15) is 10.8 Å². The summed E-state index contributed by atoms with van der Waals surface area (Å²) in [5.74, 6) is 0.847. The van der Waals surface area contributed by atoms with Gasteiger partial charge in [-0.15, -0.1) is 11.3 Å². The van der Waals surface area contributed by atoms with Crippen molar-refractivity contribution < 1.29 is 9.53 Å². The lowest BCUT2D eigenvalue weighted by Crippen LogP contribution is -2.38. The summed E-state index contributed by atoms with van der Waals surface area (Å²) in [5.41, 5.74) is 2.07. The number of urea groups is 1. The molecule has 0 aliphatic carbocycles. The Kier molecular flexibility index (Phi) is 6.40. The van der Waals surface area contributed by atoms with Crippen molar-refractivity contribution in [1.82, 2.24) is 15.6 Å². The van der Waals surface area contributed by atoms with Crippen molar-refractivity contribution >= 4 is 17.4 Å². The lowest BCUT2D eigenvalue weighted by molar-refractivity contribution is 0.236. The molecule has 0 saturated heterocycles. The summed E-state index contributed by atoms with van der Waals surface area (Å²) in [6, 6.07) is 7.62. The van der Waals surface area contributed by atoms with Crippen LogP contribution in [0.15, 0.2) is 29.6 Å². The Balaban J connectivity index is 1.82. The Morgan fingerprint density at radius 2 is 2.17 bits per heavy atom. The molecule has 1 aromatic heterocycles. The topological polar surface area (TPSA) is 63.2 Å². The van der Waals surface area contributed by atoms with Gasteiger partial charge in [0.15, 0.2) is 0 Å². The fourth-order valence-electron chi connectivity index (χ4n) is 2.30. The number of carbonyl (C=O) groups is 1. The van der Waals surface area contributed by atoms with E-state index in [9.17, 15) is 4.79 Å². The summed E-state index contributed by atoms with van der Waals surface area (Å²) >= 11 is 1.58. The number of ether oxygens (including phenoxy) is 1. The van der Waals surface area contributed by atoms with Crippen LogP contribution < -0.4 is 15.4 Å². The molecular weight excluding hydrogens is 310 g/mol. The van der Waals surface area contributed by atoms with Gasteiger partial charge in [-0.05, 0) is 31.4 Å². The first-order valence-electron chi connectivity index (χ1n) is 7.72. The van der Waals surface area contributed by atoms with Crippen LogP contribution in [0, 0.1) is 6.92 Å². The maximum atomic E-state index is 12.1. The van der Waals surface area contributed by atoms with Gasteiger partial charge >= 0.3 is 6.03 Å². The standard InChI is InChI=1S/C17H23N3O2S/c1-4-14(16-19-12(2)11-23-16)20-17(21)18-10-9-13-7-5-6-8-15(13)22-3/h5-8,11,14H,4,9-10H2,1-3H3,(H2,18,20,21). The van der Waals surface area contributed by atoms with E-state index in [0.717, 1.165) is 34.9 Å². The van der Waals surface area contributed by atoms with Crippen LogP contribution in [0.5, 0.6) is 5.75 Å². The molecule has 0 fully saturated rings. The molecule has 2 aromatic rings. The third kappa shape index (κ3) is 4.96. The number of hydrogen-bond donors (Lipinski definition) is 2. The summed E-state index contributed by atoms with van der Waals surface area (Å²) in [4.78, 5) is 16.5. The molecule has 5 nitrogen and oxygen atoms in total. The number of para-hydroxylation sites is 1. The van der Waals surface area contributed by atoms with Crippen LogP contribution in [0.3, 0.4) is 0 Å².